The Morgan fingerprint density at radius 3 is 2.17 bits per heavy atom. The summed E-state index contributed by atoms with van der Waals surface area (Å²) in [5.41, 5.74) is 6.17. The van der Waals surface area contributed by atoms with Crippen molar-refractivity contribution in [3.8, 4) is 40.3 Å². The number of nitriles is 2. The van der Waals surface area contributed by atoms with Gasteiger partial charge < -0.3 is 10.5 Å². The summed E-state index contributed by atoms with van der Waals surface area (Å²) in [5.74, 6) is 0.395. The SMILES string of the molecule is COc1cccc(-c2nc(N)c(C#N)c(-c3ccc(C(F)(F)F)cc3)c2C#N)c1. The zero-order chi connectivity index (χ0) is 21.2. The van der Waals surface area contributed by atoms with Gasteiger partial charge in [0.1, 0.15) is 29.3 Å². The van der Waals surface area contributed by atoms with Crippen LogP contribution < -0.4 is 10.5 Å². The predicted molar refractivity (Wildman–Crippen MR) is 101 cm³/mol. The number of ether oxygens (including phenoxy) is 1. The first kappa shape index (κ1) is 19.7. The molecule has 1 aromatic heterocycles. The molecule has 0 amide bonds. The van der Waals surface area contributed by atoms with Crippen LogP contribution in [0.15, 0.2) is 48.5 Å². The molecule has 0 radical (unpaired) electrons. The summed E-state index contributed by atoms with van der Waals surface area (Å²) >= 11 is 0. The van der Waals surface area contributed by atoms with Gasteiger partial charge >= 0.3 is 6.18 Å². The summed E-state index contributed by atoms with van der Waals surface area (Å²) in [7, 11) is 1.48. The smallest absolute Gasteiger partial charge is 0.416 e. The maximum atomic E-state index is 12.9. The summed E-state index contributed by atoms with van der Waals surface area (Å²) in [6.45, 7) is 0. The van der Waals surface area contributed by atoms with E-state index >= 15 is 0 Å². The van der Waals surface area contributed by atoms with Gasteiger partial charge in [0.15, 0.2) is 0 Å². The highest BCUT2D eigenvalue weighted by Crippen LogP contribution is 2.38. The Bertz CT molecular complexity index is 1160. The van der Waals surface area contributed by atoms with Crippen LogP contribution in [0, 0.1) is 22.7 Å². The molecule has 0 aliphatic rings. The number of pyridine rings is 1. The number of nitrogens with two attached hydrogens (primary N) is 1. The molecular weight excluding hydrogens is 381 g/mol. The highest BCUT2D eigenvalue weighted by atomic mass is 19.4. The van der Waals surface area contributed by atoms with E-state index in [0.29, 0.717) is 11.3 Å². The molecule has 1 heterocycles. The Morgan fingerprint density at radius 2 is 1.62 bits per heavy atom. The Balaban J connectivity index is 2.30. The number of nitrogens with zero attached hydrogens (tertiary/aromatic N) is 3. The number of aromatic nitrogens is 1. The molecule has 0 bridgehead atoms. The third kappa shape index (κ3) is 3.69. The highest BCUT2D eigenvalue weighted by Gasteiger charge is 2.30. The Labute approximate surface area is 164 Å². The molecule has 3 aromatic rings. The van der Waals surface area contributed by atoms with Crippen molar-refractivity contribution in [2.45, 2.75) is 6.18 Å². The Morgan fingerprint density at radius 1 is 0.966 bits per heavy atom. The molecule has 2 N–H and O–H groups in total. The summed E-state index contributed by atoms with van der Waals surface area (Å²) in [6, 6.07) is 14.8. The lowest BCUT2D eigenvalue weighted by atomic mass is 9.92. The number of nitrogen functional groups attached to an aromatic ring is 1. The molecular formula is C21H13F3N4O. The molecule has 0 aliphatic carbocycles. The largest absolute Gasteiger partial charge is 0.497 e. The van der Waals surface area contributed by atoms with Gasteiger partial charge in [-0.1, -0.05) is 24.3 Å². The van der Waals surface area contributed by atoms with Gasteiger partial charge in [-0.25, -0.2) is 4.98 Å². The molecule has 2 aromatic carbocycles. The number of halogens is 3. The first-order valence-corrected chi connectivity index (χ1v) is 8.26. The van der Waals surface area contributed by atoms with E-state index in [2.05, 4.69) is 4.98 Å². The second-order valence-corrected chi connectivity index (χ2v) is 6.00. The van der Waals surface area contributed by atoms with E-state index in [1.807, 2.05) is 12.1 Å². The normalized spacial score (nSPS) is 10.8. The monoisotopic (exact) mass is 394 g/mol. The van der Waals surface area contributed by atoms with Crippen LogP contribution in [0.1, 0.15) is 16.7 Å². The number of rotatable bonds is 3. The van der Waals surface area contributed by atoms with E-state index in [0.717, 1.165) is 12.1 Å². The molecule has 3 rings (SSSR count). The van der Waals surface area contributed by atoms with Crippen LogP contribution >= 0.6 is 0 Å². The average Bonchev–Trinajstić information content (AvgIpc) is 2.72. The quantitative estimate of drug-likeness (QED) is 0.690. The van der Waals surface area contributed by atoms with Crippen LogP contribution in [-0.2, 0) is 6.18 Å². The van der Waals surface area contributed by atoms with Crippen molar-refractivity contribution in [3.63, 3.8) is 0 Å². The minimum absolute atomic E-state index is 0.0313. The van der Waals surface area contributed by atoms with Crippen molar-refractivity contribution < 1.29 is 17.9 Å². The molecule has 0 saturated carbocycles. The molecule has 0 atom stereocenters. The molecule has 144 valence electrons. The number of alkyl halides is 3. The van der Waals surface area contributed by atoms with Crippen LogP contribution in [0.2, 0.25) is 0 Å². The van der Waals surface area contributed by atoms with Crippen LogP contribution in [0.25, 0.3) is 22.4 Å². The van der Waals surface area contributed by atoms with Crippen LogP contribution in [0.5, 0.6) is 5.75 Å². The van der Waals surface area contributed by atoms with Crippen LogP contribution in [-0.4, -0.2) is 12.1 Å². The van der Waals surface area contributed by atoms with E-state index in [4.69, 9.17) is 10.5 Å². The van der Waals surface area contributed by atoms with E-state index in [1.165, 1.54) is 19.2 Å². The summed E-state index contributed by atoms with van der Waals surface area (Å²) in [4.78, 5) is 4.20. The second-order valence-electron chi connectivity index (χ2n) is 6.00. The van der Waals surface area contributed by atoms with E-state index in [-0.39, 0.29) is 33.8 Å². The molecule has 29 heavy (non-hydrogen) atoms. The number of benzene rings is 2. The zero-order valence-electron chi connectivity index (χ0n) is 15.1. The molecule has 0 saturated heterocycles. The topological polar surface area (TPSA) is 95.7 Å². The van der Waals surface area contributed by atoms with E-state index in [9.17, 15) is 23.7 Å². The fraction of sp³-hybridized carbons (Fsp3) is 0.0952. The first-order valence-electron chi connectivity index (χ1n) is 8.26. The minimum atomic E-state index is -4.50. The number of hydrogen-bond acceptors (Lipinski definition) is 5. The minimum Gasteiger partial charge on any atom is -0.497 e. The van der Waals surface area contributed by atoms with Gasteiger partial charge in [0, 0.05) is 11.1 Å². The van der Waals surface area contributed by atoms with Gasteiger partial charge in [-0.05, 0) is 29.8 Å². The van der Waals surface area contributed by atoms with Crippen LogP contribution in [0.3, 0.4) is 0 Å². The molecule has 5 nitrogen and oxygen atoms in total. The molecule has 0 aliphatic heterocycles. The highest BCUT2D eigenvalue weighted by molar-refractivity contribution is 5.87. The molecule has 8 heteroatoms. The second kappa shape index (κ2) is 7.53. The zero-order valence-corrected chi connectivity index (χ0v) is 15.1. The van der Waals surface area contributed by atoms with Crippen molar-refractivity contribution in [3.05, 3.63) is 65.2 Å². The van der Waals surface area contributed by atoms with Crippen molar-refractivity contribution in [2.24, 2.45) is 0 Å². The van der Waals surface area contributed by atoms with Crippen LogP contribution in [0.4, 0.5) is 19.0 Å². The first-order chi connectivity index (χ1) is 13.8. The van der Waals surface area contributed by atoms with Crippen molar-refractivity contribution in [2.75, 3.05) is 12.8 Å². The van der Waals surface area contributed by atoms with Crippen molar-refractivity contribution in [1.29, 1.82) is 10.5 Å². The van der Waals surface area contributed by atoms with Crippen molar-refractivity contribution in [1.82, 2.24) is 4.98 Å². The number of hydrogen-bond donors (Lipinski definition) is 1. The van der Waals surface area contributed by atoms with Gasteiger partial charge in [0.05, 0.1) is 23.9 Å². The van der Waals surface area contributed by atoms with Gasteiger partial charge in [-0.15, -0.1) is 0 Å². The standard InChI is InChI=1S/C21H13F3N4O/c1-29-15-4-2-3-13(9-15)19-16(10-25)18(17(11-26)20(27)28-19)12-5-7-14(8-6-12)21(22,23)24/h2-9H,1H3,(H2,27,28). The summed E-state index contributed by atoms with van der Waals surface area (Å²) in [5, 5.41) is 19.3. The van der Waals surface area contributed by atoms with Gasteiger partial charge in [-0.3, -0.25) is 0 Å². The third-order valence-electron chi connectivity index (χ3n) is 4.29. The summed E-state index contributed by atoms with van der Waals surface area (Å²) in [6.07, 6.45) is -4.50. The number of methoxy groups -OCH3 is 1. The number of anilines is 1. The fourth-order valence-electron chi connectivity index (χ4n) is 2.92. The third-order valence-corrected chi connectivity index (χ3v) is 4.29. The molecule has 0 fully saturated rings. The van der Waals surface area contributed by atoms with E-state index < -0.39 is 11.7 Å². The van der Waals surface area contributed by atoms with Gasteiger partial charge in [0.2, 0.25) is 0 Å². The Kier molecular flexibility index (Phi) is 5.12. The Hall–Kier alpha value is -4.04. The molecule has 0 unspecified atom stereocenters. The maximum absolute atomic E-state index is 12.9. The lowest BCUT2D eigenvalue weighted by molar-refractivity contribution is -0.137. The van der Waals surface area contributed by atoms with Gasteiger partial charge in [-0.2, -0.15) is 23.7 Å². The van der Waals surface area contributed by atoms with Gasteiger partial charge in [0.25, 0.3) is 0 Å². The summed E-state index contributed by atoms with van der Waals surface area (Å²) < 4.78 is 43.8. The lowest BCUT2D eigenvalue weighted by Gasteiger charge is -2.14. The molecule has 0 spiro atoms. The fourth-order valence-corrected chi connectivity index (χ4v) is 2.92. The van der Waals surface area contributed by atoms with E-state index in [1.54, 1.807) is 24.3 Å². The average molecular weight is 394 g/mol. The maximum Gasteiger partial charge on any atom is 0.416 e. The predicted octanol–water partition coefficient (Wildman–Crippen LogP) is 4.77. The lowest BCUT2D eigenvalue weighted by Crippen LogP contribution is -2.06. The van der Waals surface area contributed by atoms with Crippen molar-refractivity contribution >= 4 is 5.82 Å².